The fraction of sp³-hybridized carbons (Fsp3) is 0.0526. The van der Waals surface area contributed by atoms with Crippen molar-refractivity contribution in [2.75, 3.05) is 5.32 Å². The van der Waals surface area contributed by atoms with Crippen LogP contribution in [0.4, 0.5) is 10.1 Å². The molecule has 0 unspecified atom stereocenters. The first-order valence-corrected chi connectivity index (χ1v) is 7.19. The number of pyridine rings is 1. The summed E-state index contributed by atoms with van der Waals surface area (Å²) in [7, 11) is 0. The number of anilines is 1. The largest absolute Gasteiger partial charge is 0.379 e. The Morgan fingerprint density at radius 1 is 1.04 bits per heavy atom. The van der Waals surface area contributed by atoms with Gasteiger partial charge in [0.1, 0.15) is 5.82 Å². The molecule has 0 atom stereocenters. The Bertz CT molecular complexity index is 837. The topological polar surface area (TPSA) is 48.7 Å². The van der Waals surface area contributed by atoms with Crippen molar-refractivity contribution in [3.8, 4) is 17.2 Å². The van der Waals surface area contributed by atoms with Gasteiger partial charge in [-0.05, 0) is 41.0 Å². The molecule has 0 saturated carbocycles. The van der Waals surface area contributed by atoms with Crippen LogP contribution in [0, 0.1) is 17.1 Å². The first kappa shape index (κ1) is 14.7. The maximum absolute atomic E-state index is 13.8. The van der Waals surface area contributed by atoms with E-state index < -0.39 is 5.82 Å². The first-order chi connectivity index (χ1) is 11.3. The van der Waals surface area contributed by atoms with Crippen LogP contribution in [-0.4, -0.2) is 4.98 Å². The second kappa shape index (κ2) is 6.71. The van der Waals surface area contributed by atoms with E-state index in [0.29, 0.717) is 17.8 Å². The molecule has 3 aromatic rings. The summed E-state index contributed by atoms with van der Waals surface area (Å²) >= 11 is 0. The number of nitrogens with one attached hydrogen (secondary N) is 1. The Hall–Kier alpha value is -3.19. The van der Waals surface area contributed by atoms with Crippen molar-refractivity contribution in [1.29, 1.82) is 5.26 Å². The van der Waals surface area contributed by atoms with Gasteiger partial charge in [0.25, 0.3) is 0 Å². The summed E-state index contributed by atoms with van der Waals surface area (Å²) < 4.78 is 13.8. The molecule has 0 aliphatic rings. The smallest absolute Gasteiger partial charge is 0.147 e. The molecule has 0 bridgehead atoms. The fourth-order valence-corrected chi connectivity index (χ4v) is 2.27. The summed E-state index contributed by atoms with van der Waals surface area (Å²) in [6.45, 7) is 0.510. The van der Waals surface area contributed by atoms with E-state index in [9.17, 15) is 4.39 Å². The molecule has 4 heteroatoms. The van der Waals surface area contributed by atoms with Crippen LogP contribution in [0.1, 0.15) is 11.1 Å². The van der Waals surface area contributed by atoms with Crippen molar-refractivity contribution in [2.45, 2.75) is 6.54 Å². The van der Waals surface area contributed by atoms with Crippen LogP contribution in [0.5, 0.6) is 0 Å². The molecule has 1 N–H and O–H groups in total. The van der Waals surface area contributed by atoms with Crippen molar-refractivity contribution in [1.82, 2.24) is 4.98 Å². The second-order valence-electron chi connectivity index (χ2n) is 5.10. The predicted molar refractivity (Wildman–Crippen MR) is 88.1 cm³/mol. The van der Waals surface area contributed by atoms with E-state index in [0.717, 1.165) is 16.7 Å². The van der Waals surface area contributed by atoms with Crippen LogP contribution in [0.25, 0.3) is 11.1 Å². The van der Waals surface area contributed by atoms with Crippen LogP contribution in [0.2, 0.25) is 0 Å². The molecular formula is C19H14FN3. The van der Waals surface area contributed by atoms with Crippen LogP contribution in [0.3, 0.4) is 0 Å². The number of nitrogens with zero attached hydrogens (tertiary/aromatic N) is 2. The van der Waals surface area contributed by atoms with E-state index in [1.807, 2.05) is 48.7 Å². The zero-order valence-corrected chi connectivity index (χ0v) is 12.3. The number of hydrogen-bond acceptors (Lipinski definition) is 3. The third-order valence-corrected chi connectivity index (χ3v) is 3.53. The quantitative estimate of drug-likeness (QED) is 0.778. The minimum Gasteiger partial charge on any atom is -0.379 e. The molecular weight excluding hydrogens is 289 g/mol. The van der Waals surface area contributed by atoms with Gasteiger partial charge in [-0.3, -0.25) is 4.98 Å². The van der Waals surface area contributed by atoms with Gasteiger partial charge in [0.05, 0.1) is 17.3 Å². The van der Waals surface area contributed by atoms with Gasteiger partial charge in [-0.25, -0.2) is 4.39 Å². The van der Waals surface area contributed by atoms with Gasteiger partial charge in [-0.2, -0.15) is 5.26 Å². The molecule has 3 rings (SSSR count). The number of aromatic nitrogens is 1. The predicted octanol–water partition coefficient (Wildman–Crippen LogP) is 4.37. The highest BCUT2D eigenvalue weighted by Gasteiger charge is 2.03. The maximum atomic E-state index is 13.8. The van der Waals surface area contributed by atoms with Crippen molar-refractivity contribution < 1.29 is 4.39 Å². The van der Waals surface area contributed by atoms with Gasteiger partial charge < -0.3 is 5.32 Å². The van der Waals surface area contributed by atoms with E-state index in [1.165, 1.54) is 6.07 Å². The minimum atomic E-state index is -0.420. The SMILES string of the molecule is N#Cc1ccc(NCc2ccc(-c3cccnc3)cc2)c(F)c1. The molecule has 0 aliphatic carbocycles. The van der Waals surface area contributed by atoms with E-state index in [2.05, 4.69) is 10.3 Å². The summed E-state index contributed by atoms with van der Waals surface area (Å²) in [5.74, 6) is -0.420. The number of nitriles is 1. The Labute approximate surface area is 134 Å². The van der Waals surface area contributed by atoms with Crippen LogP contribution >= 0.6 is 0 Å². The van der Waals surface area contributed by atoms with Gasteiger partial charge in [-0.1, -0.05) is 30.3 Å². The standard InChI is InChI=1S/C19H14FN3/c20-18-10-15(11-21)5-8-19(18)23-12-14-3-6-16(7-4-14)17-2-1-9-22-13-17/h1-10,13,23H,12H2. The lowest BCUT2D eigenvalue weighted by Gasteiger charge is -2.09. The first-order valence-electron chi connectivity index (χ1n) is 7.19. The van der Waals surface area contributed by atoms with Crippen LogP contribution in [-0.2, 0) is 6.54 Å². The molecule has 3 nitrogen and oxygen atoms in total. The highest BCUT2D eigenvalue weighted by atomic mass is 19.1. The maximum Gasteiger partial charge on any atom is 0.147 e. The number of rotatable bonds is 4. The summed E-state index contributed by atoms with van der Waals surface area (Å²) in [5, 5.41) is 11.8. The van der Waals surface area contributed by atoms with Gasteiger partial charge in [0.15, 0.2) is 0 Å². The average Bonchev–Trinajstić information content (AvgIpc) is 2.62. The highest BCUT2D eigenvalue weighted by molar-refractivity contribution is 5.62. The fourth-order valence-electron chi connectivity index (χ4n) is 2.27. The third kappa shape index (κ3) is 3.53. The third-order valence-electron chi connectivity index (χ3n) is 3.53. The molecule has 0 radical (unpaired) electrons. The Kier molecular flexibility index (Phi) is 4.30. The Morgan fingerprint density at radius 3 is 2.52 bits per heavy atom. The molecule has 2 aromatic carbocycles. The lowest BCUT2D eigenvalue weighted by atomic mass is 10.1. The molecule has 1 heterocycles. The van der Waals surface area contributed by atoms with Crippen molar-refractivity contribution in [2.24, 2.45) is 0 Å². The number of halogens is 1. The minimum absolute atomic E-state index is 0.314. The lowest BCUT2D eigenvalue weighted by molar-refractivity contribution is 0.629. The number of benzene rings is 2. The van der Waals surface area contributed by atoms with Crippen LogP contribution in [0.15, 0.2) is 67.0 Å². The summed E-state index contributed by atoms with van der Waals surface area (Å²) in [6, 6.07) is 18.3. The van der Waals surface area contributed by atoms with Gasteiger partial charge in [0.2, 0.25) is 0 Å². The van der Waals surface area contributed by atoms with Crippen molar-refractivity contribution in [3.63, 3.8) is 0 Å². The zero-order chi connectivity index (χ0) is 16.1. The molecule has 1 aromatic heterocycles. The molecule has 23 heavy (non-hydrogen) atoms. The summed E-state index contributed by atoms with van der Waals surface area (Å²) in [5.41, 5.74) is 3.90. The normalized spacial score (nSPS) is 10.1. The lowest BCUT2D eigenvalue weighted by Crippen LogP contribution is -2.01. The Morgan fingerprint density at radius 2 is 1.87 bits per heavy atom. The average molecular weight is 303 g/mol. The molecule has 0 fully saturated rings. The molecule has 112 valence electrons. The van der Waals surface area contributed by atoms with E-state index in [1.54, 1.807) is 18.3 Å². The highest BCUT2D eigenvalue weighted by Crippen LogP contribution is 2.20. The van der Waals surface area contributed by atoms with Gasteiger partial charge in [-0.15, -0.1) is 0 Å². The Balaban J connectivity index is 1.69. The van der Waals surface area contributed by atoms with Crippen molar-refractivity contribution in [3.05, 3.63) is 83.9 Å². The zero-order valence-electron chi connectivity index (χ0n) is 12.3. The van der Waals surface area contributed by atoms with Gasteiger partial charge in [0, 0.05) is 18.9 Å². The van der Waals surface area contributed by atoms with E-state index >= 15 is 0 Å². The van der Waals surface area contributed by atoms with Gasteiger partial charge >= 0.3 is 0 Å². The molecule has 0 spiro atoms. The summed E-state index contributed by atoms with van der Waals surface area (Å²) in [6.07, 6.45) is 3.56. The number of hydrogen-bond donors (Lipinski definition) is 1. The van der Waals surface area contributed by atoms with Crippen LogP contribution < -0.4 is 5.32 Å². The molecule has 0 saturated heterocycles. The molecule has 0 aliphatic heterocycles. The van der Waals surface area contributed by atoms with Crippen molar-refractivity contribution >= 4 is 5.69 Å². The van der Waals surface area contributed by atoms with E-state index in [-0.39, 0.29) is 0 Å². The monoisotopic (exact) mass is 303 g/mol. The molecule has 0 amide bonds. The second-order valence-corrected chi connectivity index (χ2v) is 5.10. The van der Waals surface area contributed by atoms with E-state index in [4.69, 9.17) is 5.26 Å². The summed E-state index contributed by atoms with van der Waals surface area (Å²) in [4.78, 5) is 4.11.